The molecular formula is C47H90O6. The van der Waals surface area contributed by atoms with Crippen LogP contribution in [0.15, 0.2) is 0 Å². The minimum Gasteiger partial charge on any atom is -0.462 e. The monoisotopic (exact) mass is 751 g/mol. The van der Waals surface area contributed by atoms with Gasteiger partial charge in [0.2, 0.25) is 0 Å². The van der Waals surface area contributed by atoms with Gasteiger partial charge in [0, 0.05) is 19.3 Å². The van der Waals surface area contributed by atoms with Crippen LogP contribution in [-0.4, -0.2) is 37.2 Å². The smallest absolute Gasteiger partial charge is 0.306 e. The Morgan fingerprint density at radius 2 is 0.623 bits per heavy atom. The van der Waals surface area contributed by atoms with Gasteiger partial charge in [-0.3, -0.25) is 14.4 Å². The fraction of sp³-hybridized carbons (Fsp3) is 0.936. The van der Waals surface area contributed by atoms with Crippen LogP contribution in [0.4, 0.5) is 0 Å². The Bertz CT molecular complexity index is 809. The summed E-state index contributed by atoms with van der Waals surface area (Å²) in [6.45, 7) is 11.2. The Morgan fingerprint density at radius 3 is 0.925 bits per heavy atom. The van der Waals surface area contributed by atoms with Gasteiger partial charge in [0.05, 0.1) is 0 Å². The molecule has 0 aliphatic heterocycles. The molecule has 0 saturated heterocycles. The second-order valence-electron chi connectivity index (χ2n) is 17.0. The highest BCUT2D eigenvalue weighted by molar-refractivity contribution is 5.71. The molecule has 0 aliphatic rings. The van der Waals surface area contributed by atoms with Crippen LogP contribution in [0.3, 0.4) is 0 Å². The van der Waals surface area contributed by atoms with E-state index in [4.69, 9.17) is 14.2 Å². The van der Waals surface area contributed by atoms with Gasteiger partial charge in [0.25, 0.3) is 0 Å². The molecule has 6 heteroatoms. The molecule has 0 spiro atoms. The van der Waals surface area contributed by atoms with Gasteiger partial charge in [-0.2, -0.15) is 0 Å². The first-order valence-electron chi connectivity index (χ1n) is 23.2. The van der Waals surface area contributed by atoms with Crippen LogP contribution in [0.25, 0.3) is 0 Å². The summed E-state index contributed by atoms with van der Waals surface area (Å²) in [5, 5.41) is 0. The van der Waals surface area contributed by atoms with Crippen molar-refractivity contribution in [3.63, 3.8) is 0 Å². The highest BCUT2D eigenvalue weighted by Crippen LogP contribution is 2.16. The van der Waals surface area contributed by atoms with E-state index in [0.717, 1.165) is 69.6 Å². The third-order valence-electron chi connectivity index (χ3n) is 10.5. The van der Waals surface area contributed by atoms with Crippen molar-refractivity contribution < 1.29 is 28.6 Å². The number of carbonyl (C=O) groups excluding carboxylic acids is 3. The lowest BCUT2D eigenvalue weighted by Gasteiger charge is -2.18. The van der Waals surface area contributed by atoms with Gasteiger partial charge in [-0.05, 0) is 31.1 Å². The minimum atomic E-state index is -0.761. The summed E-state index contributed by atoms with van der Waals surface area (Å²) < 4.78 is 16.7. The van der Waals surface area contributed by atoms with Gasteiger partial charge in [-0.15, -0.1) is 0 Å². The largest absolute Gasteiger partial charge is 0.462 e. The number of rotatable bonds is 41. The van der Waals surface area contributed by atoms with Gasteiger partial charge in [-0.25, -0.2) is 0 Å². The summed E-state index contributed by atoms with van der Waals surface area (Å²) in [4.78, 5) is 37.7. The summed E-state index contributed by atoms with van der Waals surface area (Å²) in [7, 11) is 0. The normalized spacial score (nSPS) is 12.1. The first-order chi connectivity index (χ1) is 25.7. The molecule has 0 amide bonds. The predicted octanol–water partition coefficient (Wildman–Crippen LogP) is 14.6. The average Bonchev–Trinajstić information content (AvgIpc) is 3.12. The molecule has 0 unspecified atom stereocenters. The van der Waals surface area contributed by atoms with Crippen molar-refractivity contribution in [2.75, 3.05) is 13.2 Å². The number of hydrogen-bond acceptors (Lipinski definition) is 6. The maximum atomic E-state index is 12.7. The summed E-state index contributed by atoms with van der Waals surface area (Å²) in [5.41, 5.74) is 0. The number of esters is 3. The molecule has 0 rings (SSSR count). The van der Waals surface area contributed by atoms with Crippen LogP contribution >= 0.6 is 0 Å². The fourth-order valence-electron chi connectivity index (χ4n) is 6.93. The molecule has 0 aromatic heterocycles. The zero-order valence-electron chi connectivity index (χ0n) is 36.1. The molecule has 0 bridgehead atoms. The SMILES string of the molecule is CCCCCCCCCCCCCCCCCCC(=O)OC[C@@H](COC(=O)CCCCCCCCC(C)C)OC(=O)CCCCCCCCCC(C)C. The highest BCUT2D eigenvalue weighted by Gasteiger charge is 2.19. The second kappa shape index (κ2) is 40.1. The van der Waals surface area contributed by atoms with Crippen LogP contribution in [-0.2, 0) is 28.6 Å². The predicted molar refractivity (Wildman–Crippen MR) is 224 cm³/mol. The number of hydrogen-bond donors (Lipinski definition) is 0. The molecule has 0 saturated carbocycles. The lowest BCUT2D eigenvalue weighted by Crippen LogP contribution is -2.30. The third kappa shape index (κ3) is 41.4. The minimum absolute atomic E-state index is 0.0660. The number of ether oxygens (including phenoxy) is 3. The van der Waals surface area contributed by atoms with Crippen molar-refractivity contribution in [1.29, 1.82) is 0 Å². The van der Waals surface area contributed by atoms with Gasteiger partial charge in [-0.1, -0.05) is 214 Å². The second-order valence-corrected chi connectivity index (χ2v) is 17.0. The Balaban J connectivity index is 4.26. The molecule has 53 heavy (non-hydrogen) atoms. The standard InChI is InChI=1S/C47H90O6/c1-6-7-8-9-10-11-12-13-14-15-16-17-18-21-27-32-37-45(48)51-40-44(41-52-46(49)38-33-28-24-23-26-31-36-43(4)5)53-47(50)39-34-29-22-19-20-25-30-35-42(2)3/h42-44H,6-41H2,1-5H3/t44-/m0/s1. The van der Waals surface area contributed by atoms with Crippen LogP contribution in [0, 0.1) is 11.8 Å². The average molecular weight is 751 g/mol. The summed E-state index contributed by atoms with van der Waals surface area (Å²) in [6.07, 6.45) is 38.3. The van der Waals surface area contributed by atoms with Crippen LogP contribution in [0.2, 0.25) is 0 Å². The van der Waals surface area contributed by atoms with E-state index < -0.39 is 6.10 Å². The van der Waals surface area contributed by atoms with Crippen molar-refractivity contribution in [3.05, 3.63) is 0 Å². The molecule has 314 valence electrons. The fourth-order valence-corrected chi connectivity index (χ4v) is 6.93. The topological polar surface area (TPSA) is 78.9 Å². The lowest BCUT2D eigenvalue weighted by atomic mass is 10.0. The van der Waals surface area contributed by atoms with E-state index in [1.807, 2.05) is 0 Å². The molecule has 0 aromatic rings. The molecule has 1 atom stereocenters. The molecule has 0 aliphatic carbocycles. The van der Waals surface area contributed by atoms with Crippen molar-refractivity contribution in [3.8, 4) is 0 Å². The molecule has 0 radical (unpaired) electrons. The van der Waals surface area contributed by atoms with Crippen molar-refractivity contribution in [2.45, 2.75) is 259 Å². The van der Waals surface area contributed by atoms with Crippen LogP contribution in [0.1, 0.15) is 253 Å². The van der Waals surface area contributed by atoms with Crippen molar-refractivity contribution in [2.24, 2.45) is 11.8 Å². The van der Waals surface area contributed by atoms with E-state index in [-0.39, 0.29) is 31.1 Å². The Kier molecular flexibility index (Phi) is 38.9. The van der Waals surface area contributed by atoms with E-state index in [2.05, 4.69) is 34.6 Å². The Morgan fingerprint density at radius 1 is 0.358 bits per heavy atom. The Labute approximate surface area is 329 Å². The van der Waals surface area contributed by atoms with Crippen molar-refractivity contribution >= 4 is 17.9 Å². The number of carbonyl (C=O) groups is 3. The quantitative estimate of drug-likeness (QED) is 0.0352. The van der Waals surface area contributed by atoms with Gasteiger partial charge < -0.3 is 14.2 Å². The van der Waals surface area contributed by atoms with Gasteiger partial charge >= 0.3 is 17.9 Å². The maximum absolute atomic E-state index is 12.7. The molecule has 0 fully saturated rings. The first-order valence-corrected chi connectivity index (χ1v) is 23.2. The van der Waals surface area contributed by atoms with Crippen LogP contribution in [0.5, 0.6) is 0 Å². The van der Waals surface area contributed by atoms with Gasteiger partial charge in [0.1, 0.15) is 13.2 Å². The molecule has 0 N–H and O–H groups in total. The molecule has 0 heterocycles. The molecule has 0 aromatic carbocycles. The zero-order chi connectivity index (χ0) is 39.0. The summed E-state index contributed by atoms with van der Waals surface area (Å²) in [6, 6.07) is 0. The van der Waals surface area contributed by atoms with Crippen LogP contribution < -0.4 is 0 Å². The van der Waals surface area contributed by atoms with E-state index in [9.17, 15) is 14.4 Å². The van der Waals surface area contributed by atoms with E-state index in [1.165, 1.54) is 141 Å². The summed E-state index contributed by atoms with van der Waals surface area (Å²) >= 11 is 0. The van der Waals surface area contributed by atoms with E-state index in [1.54, 1.807) is 0 Å². The first kappa shape index (κ1) is 51.4. The highest BCUT2D eigenvalue weighted by atomic mass is 16.6. The molecular weight excluding hydrogens is 661 g/mol. The van der Waals surface area contributed by atoms with Crippen molar-refractivity contribution in [1.82, 2.24) is 0 Å². The zero-order valence-corrected chi connectivity index (χ0v) is 36.1. The maximum Gasteiger partial charge on any atom is 0.306 e. The molecule has 6 nitrogen and oxygen atoms in total. The number of unbranched alkanes of at least 4 members (excludes halogenated alkanes) is 26. The lowest BCUT2D eigenvalue weighted by molar-refractivity contribution is -0.167. The van der Waals surface area contributed by atoms with E-state index in [0.29, 0.717) is 19.3 Å². The summed E-state index contributed by atoms with van der Waals surface area (Å²) in [5.74, 6) is 0.677. The third-order valence-corrected chi connectivity index (χ3v) is 10.5. The van der Waals surface area contributed by atoms with E-state index >= 15 is 0 Å². The van der Waals surface area contributed by atoms with Gasteiger partial charge in [0.15, 0.2) is 6.10 Å². The Hall–Kier alpha value is -1.59.